The van der Waals surface area contributed by atoms with Crippen LogP contribution in [0.3, 0.4) is 0 Å². The second-order valence-corrected chi connectivity index (χ2v) is 5.14. The summed E-state index contributed by atoms with van der Waals surface area (Å²) < 4.78 is 0. The standard InChI is InChI=1S/C12H11NO4S/c1-7-3-2-4-8(5-7)13-11(16)9(6-10(14)15)18-12(13)17/h2-5,9H,6H2,1H3,(H,14,15)/t9-/m0/s1. The average Bonchev–Trinajstić information content (AvgIpc) is 2.53. The zero-order chi connectivity index (χ0) is 13.3. The minimum Gasteiger partial charge on any atom is -0.481 e. The number of carbonyl (C=O) groups is 3. The molecule has 94 valence electrons. The monoisotopic (exact) mass is 265 g/mol. The zero-order valence-electron chi connectivity index (χ0n) is 9.62. The fraction of sp³-hybridized carbons (Fsp3) is 0.250. The number of amides is 2. The van der Waals surface area contributed by atoms with Crippen LogP contribution in [0.4, 0.5) is 10.5 Å². The van der Waals surface area contributed by atoms with Crippen molar-refractivity contribution in [3.8, 4) is 0 Å². The van der Waals surface area contributed by atoms with E-state index in [0.717, 1.165) is 22.2 Å². The molecule has 1 heterocycles. The van der Waals surface area contributed by atoms with Crippen molar-refractivity contribution in [1.29, 1.82) is 0 Å². The van der Waals surface area contributed by atoms with Gasteiger partial charge in [-0.05, 0) is 36.4 Å². The lowest BCUT2D eigenvalue weighted by molar-refractivity contribution is -0.138. The van der Waals surface area contributed by atoms with Crippen LogP contribution in [0.15, 0.2) is 24.3 Å². The van der Waals surface area contributed by atoms with E-state index >= 15 is 0 Å². The highest BCUT2D eigenvalue weighted by Crippen LogP contribution is 2.33. The molecule has 1 aliphatic rings. The number of hydrogen-bond acceptors (Lipinski definition) is 4. The number of aryl methyl sites for hydroxylation is 1. The number of rotatable bonds is 3. The summed E-state index contributed by atoms with van der Waals surface area (Å²) in [5.41, 5.74) is 1.42. The summed E-state index contributed by atoms with van der Waals surface area (Å²) in [6.07, 6.45) is -0.336. The quantitative estimate of drug-likeness (QED) is 0.905. The van der Waals surface area contributed by atoms with Crippen molar-refractivity contribution in [2.45, 2.75) is 18.6 Å². The van der Waals surface area contributed by atoms with Crippen LogP contribution in [0, 0.1) is 6.92 Å². The number of carbonyl (C=O) groups excluding carboxylic acids is 2. The number of thioether (sulfide) groups is 1. The van der Waals surface area contributed by atoms with Crippen molar-refractivity contribution in [2.75, 3.05) is 4.90 Å². The first-order valence-electron chi connectivity index (χ1n) is 5.32. The molecule has 0 bridgehead atoms. The maximum atomic E-state index is 12.0. The molecule has 6 heteroatoms. The molecule has 5 nitrogen and oxygen atoms in total. The van der Waals surface area contributed by atoms with E-state index in [0.29, 0.717) is 5.69 Å². The number of hydrogen-bond donors (Lipinski definition) is 1. The van der Waals surface area contributed by atoms with Crippen LogP contribution in [0.5, 0.6) is 0 Å². The van der Waals surface area contributed by atoms with Crippen molar-refractivity contribution in [3.05, 3.63) is 29.8 Å². The highest BCUT2D eigenvalue weighted by atomic mass is 32.2. The Kier molecular flexibility index (Phi) is 3.38. The average molecular weight is 265 g/mol. The van der Waals surface area contributed by atoms with Gasteiger partial charge in [-0.3, -0.25) is 14.4 Å². The molecule has 1 saturated heterocycles. The summed E-state index contributed by atoms with van der Waals surface area (Å²) in [6.45, 7) is 1.86. The van der Waals surface area contributed by atoms with Crippen molar-refractivity contribution < 1.29 is 19.5 Å². The Labute approximate surface area is 108 Å². The number of carboxylic acid groups (broad SMARTS) is 1. The van der Waals surface area contributed by atoms with Gasteiger partial charge in [-0.25, -0.2) is 4.90 Å². The van der Waals surface area contributed by atoms with Gasteiger partial charge in [-0.1, -0.05) is 12.1 Å². The van der Waals surface area contributed by atoms with Gasteiger partial charge in [0.05, 0.1) is 12.1 Å². The molecule has 1 aromatic carbocycles. The van der Waals surface area contributed by atoms with Crippen LogP contribution in [-0.4, -0.2) is 27.5 Å². The molecule has 1 aromatic rings. The fourth-order valence-corrected chi connectivity index (χ4v) is 2.72. The molecule has 0 aliphatic carbocycles. The highest BCUT2D eigenvalue weighted by molar-refractivity contribution is 8.15. The summed E-state index contributed by atoms with van der Waals surface area (Å²) in [6, 6.07) is 6.99. The minimum atomic E-state index is -1.08. The van der Waals surface area contributed by atoms with Gasteiger partial charge >= 0.3 is 5.97 Å². The summed E-state index contributed by atoms with van der Waals surface area (Å²) >= 11 is 0.767. The number of anilines is 1. The molecule has 1 atom stereocenters. The molecular weight excluding hydrogens is 254 g/mol. The Morgan fingerprint density at radius 3 is 2.78 bits per heavy atom. The second-order valence-electron chi connectivity index (χ2n) is 3.98. The lowest BCUT2D eigenvalue weighted by atomic mass is 10.2. The van der Waals surface area contributed by atoms with Crippen LogP contribution < -0.4 is 4.90 Å². The molecule has 2 rings (SSSR count). The lowest BCUT2D eigenvalue weighted by Crippen LogP contribution is -2.32. The van der Waals surface area contributed by atoms with E-state index in [2.05, 4.69) is 0 Å². The van der Waals surface area contributed by atoms with Gasteiger partial charge in [-0.2, -0.15) is 0 Å². The number of nitrogens with zero attached hydrogens (tertiary/aromatic N) is 1. The van der Waals surface area contributed by atoms with E-state index in [1.54, 1.807) is 18.2 Å². The largest absolute Gasteiger partial charge is 0.481 e. The van der Waals surface area contributed by atoms with Crippen LogP contribution in [-0.2, 0) is 9.59 Å². The Bertz CT molecular complexity index is 529. The Balaban J connectivity index is 2.27. The number of carboxylic acids is 1. The molecule has 0 saturated carbocycles. The summed E-state index contributed by atoms with van der Waals surface area (Å²) in [5.74, 6) is -1.54. The number of aliphatic carboxylic acids is 1. The van der Waals surface area contributed by atoms with Crippen molar-refractivity contribution in [2.24, 2.45) is 0 Å². The van der Waals surface area contributed by atoms with Crippen molar-refractivity contribution in [1.82, 2.24) is 0 Å². The lowest BCUT2D eigenvalue weighted by Gasteiger charge is -2.13. The van der Waals surface area contributed by atoms with Gasteiger partial charge in [0.25, 0.3) is 5.24 Å². The molecule has 1 N–H and O–H groups in total. The number of benzene rings is 1. The Morgan fingerprint density at radius 2 is 2.17 bits per heavy atom. The molecule has 0 aromatic heterocycles. The van der Waals surface area contributed by atoms with Gasteiger partial charge in [0.1, 0.15) is 5.25 Å². The van der Waals surface area contributed by atoms with Gasteiger partial charge in [0.2, 0.25) is 5.91 Å². The molecule has 0 radical (unpaired) electrons. The van der Waals surface area contributed by atoms with Crippen molar-refractivity contribution in [3.63, 3.8) is 0 Å². The summed E-state index contributed by atoms with van der Waals surface area (Å²) in [4.78, 5) is 35.4. The van der Waals surface area contributed by atoms with E-state index in [1.165, 1.54) is 0 Å². The Morgan fingerprint density at radius 1 is 1.44 bits per heavy atom. The molecular formula is C12H11NO4S. The Hall–Kier alpha value is -1.82. The van der Waals surface area contributed by atoms with E-state index in [4.69, 9.17) is 5.11 Å². The highest BCUT2D eigenvalue weighted by Gasteiger charge is 2.41. The fourth-order valence-electron chi connectivity index (χ4n) is 1.75. The van der Waals surface area contributed by atoms with Crippen LogP contribution in [0.2, 0.25) is 0 Å². The van der Waals surface area contributed by atoms with E-state index in [9.17, 15) is 14.4 Å². The van der Waals surface area contributed by atoms with E-state index in [-0.39, 0.29) is 6.42 Å². The smallest absolute Gasteiger partial charge is 0.305 e. The molecule has 18 heavy (non-hydrogen) atoms. The van der Waals surface area contributed by atoms with Crippen molar-refractivity contribution >= 4 is 34.6 Å². The van der Waals surface area contributed by atoms with Gasteiger partial charge in [-0.15, -0.1) is 0 Å². The molecule has 2 amide bonds. The first-order valence-corrected chi connectivity index (χ1v) is 6.20. The van der Waals surface area contributed by atoms with Gasteiger partial charge < -0.3 is 5.11 Å². The third kappa shape index (κ3) is 2.38. The predicted molar refractivity (Wildman–Crippen MR) is 67.7 cm³/mol. The summed E-state index contributed by atoms with van der Waals surface area (Å²) in [5, 5.41) is 7.44. The number of imide groups is 1. The first kappa shape index (κ1) is 12.6. The topological polar surface area (TPSA) is 74.7 Å². The molecule has 1 aliphatic heterocycles. The third-order valence-electron chi connectivity index (χ3n) is 2.54. The molecule has 1 fully saturated rings. The van der Waals surface area contributed by atoms with E-state index < -0.39 is 22.4 Å². The molecule has 0 unspecified atom stereocenters. The van der Waals surface area contributed by atoms with Gasteiger partial charge in [0.15, 0.2) is 0 Å². The van der Waals surface area contributed by atoms with Crippen LogP contribution in [0.25, 0.3) is 0 Å². The maximum Gasteiger partial charge on any atom is 0.305 e. The predicted octanol–water partition coefficient (Wildman–Crippen LogP) is 2.04. The minimum absolute atomic E-state index is 0.336. The van der Waals surface area contributed by atoms with Crippen LogP contribution >= 0.6 is 11.8 Å². The summed E-state index contributed by atoms with van der Waals surface area (Å²) in [7, 11) is 0. The van der Waals surface area contributed by atoms with E-state index in [1.807, 2.05) is 13.0 Å². The zero-order valence-corrected chi connectivity index (χ0v) is 10.4. The van der Waals surface area contributed by atoms with Gasteiger partial charge in [0, 0.05) is 0 Å². The second kappa shape index (κ2) is 4.81. The third-order valence-corrected chi connectivity index (χ3v) is 3.58. The SMILES string of the molecule is Cc1cccc(N2C(=O)S[C@@H](CC(=O)O)C2=O)c1. The normalized spacial score (nSPS) is 19.4. The molecule has 0 spiro atoms. The van der Waals surface area contributed by atoms with Crippen LogP contribution in [0.1, 0.15) is 12.0 Å². The maximum absolute atomic E-state index is 12.0. The first-order chi connectivity index (χ1) is 8.49.